The summed E-state index contributed by atoms with van der Waals surface area (Å²) < 4.78 is 26.7. The van der Waals surface area contributed by atoms with Gasteiger partial charge in [0.25, 0.3) is 0 Å². The van der Waals surface area contributed by atoms with Crippen molar-refractivity contribution in [3.05, 3.63) is 29.8 Å². The third kappa shape index (κ3) is 3.94. The molecular weight excluding hydrogens is 300 g/mol. The lowest BCUT2D eigenvalue weighted by atomic mass is 10.2. The van der Waals surface area contributed by atoms with Crippen molar-refractivity contribution in [1.29, 1.82) is 0 Å². The van der Waals surface area contributed by atoms with Gasteiger partial charge in [-0.15, -0.1) is 11.6 Å². The van der Waals surface area contributed by atoms with E-state index in [-0.39, 0.29) is 23.4 Å². The SMILES string of the molecule is O=C1CCC(CNS(=O)(=O)c2ccc(CCCl)cc2)N1. The minimum atomic E-state index is -3.53. The second-order valence-corrected chi connectivity index (χ2v) is 6.88. The van der Waals surface area contributed by atoms with Gasteiger partial charge in [0.1, 0.15) is 0 Å². The second-order valence-electron chi connectivity index (χ2n) is 4.74. The minimum Gasteiger partial charge on any atom is -0.352 e. The Morgan fingerprint density at radius 3 is 2.55 bits per heavy atom. The summed E-state index contributed by atoms with van der Waals surface area (Å²) in [5.41, 5.74) is 1.00. The van der Waals surface area contributed by atoms with Crippen LogP contribution in [0, 0.1) is 0 Å². The van der Waals surface area contributed by atoms with Crippen molar-refractivity contribution in [3.8, 4) is 0 Å². The molecule has 5 nitrogen and oxygen atoms in total. The molecule has 0 radical (unpaired) electrons. The number of sulfonamides is 1. The van der Waals surface area contributed by atoms with Crippen molar-refractivity contribution in [3.63, 3.8) is 0 Å². The van der Waals surface area contributed by atoms with Crippen molar-refractivity contribution in [2.24, 2.45) is 0 Å². The molecule has 1 heterocycles. The van der Waals surface area contributed by atoms with E-state index in [1.54, 1.807) is 24.3 Å². The Hall–Kier alpha value is -1.11. The number of carbonyl (C=O) groups is 1. The maximum absolute atomic E-state index is 12.1. The first-order chi connectivity index (χ1) is 9.51. The molecule has 1 aromatic rings. The normalized spacial score (nSPS) is 19.1. The van der Waals surface area contributed by atoms with E-state index >= 15 is 0 Å². The third-order valence-corrected chi connectivity index (χ3v) is 4.85. The van der Waals surface area contributed by atoms with Gasteiger partial charge in [-0.2, -0.15) is 0 Å². The van der Waals surface area contributed by atoms with Crippen molar-refractivity contribution >= 4 is 27.5 Å². The first-order valence-corrected chi connectivity index (χ1v) is 8.47. The molecule has 1 fully saturated rings. The molecule has 1 aromatic carbocycles. The summed E-state index contributed by atoms with van der Waals surface area (Å²) in [6.07, 6.45) is 1.83. The summed E-state index contributed by atoms with van der Waals surface area (Å²) in [7, 11) is -3.53. The zero-order valence-electron chi connectivity index (χ0n) is 10.9. The second kappa shape index (κ2) is 6.56. The van der Waals surface area contributed by atoms with Crippen molar-refractivity contribution in [2.75, 3.05) is 12.4 Å². The number of hydrogen-bond donors (Lipinski definition) is 2. The van der Waals surface area contributed by atoms with Gasteiger partial charge < -0.3 is 5.32 Å². The van der Waals surface area contributed by atoms with Crippen LogP contribution >= 0.6 is 11.6 Å². The van der Waals surface area contributed by atoms with E-state index in [2.05, 4.69) is 10.0 Å². The van der Waals surface area contributed by atoms with E-state index in [0.717, 1.165) is 5.56 Å². The minimum absolute atomic E-state index is 0.0281. The van der Waals surface area contributed by atoms with E-state index in [1.807, 2.05) is 0 Å². The fourth-order valence-electron chi connectivity index (χ4n) is 2.07. The number of carbonyl (C=O) groups excluding carboxylic acids is 1. The van der Waals surface area contributed by atoms with E-state index in [4.69, 9.17) is 11.6 Å². The lowest BCUT2D eigenvalue weighted by molar-refractivity contribution is -0.119. The Morgan fingerprint density at radius 1 is 1.30 bits per heavy atom. The van der Waals surface area contributed by atoms with Crippen LogP contribution in [0.3, 0.4) is 0 Å². The Kier molecular flexibility index (Phi) is 5.01. The maximum atomic E-state index is 12.1. The van der Waals surface area contributed by atoms with Gasteiger partial charge >= 0.3 is 0 Å². The van der Waals surface area contributed by atoms with Crippen molar-refractivity contribution in [2.45, 2.75) is 30.2 Å². The van der Waals surface area contributed by atoms with Crippen LogP contribution in [0.2, 0.25) is 0 Å². The Labute approximate surface area is 123 Å². The van der Waals surface area contributed by atoms with Crippen LogP contribution in [0.15, 0.2) is 29.2 Å². The average molecular weight is 317 g/mol. The van der Waals surface area contributed by atoms with Gasteiger partial charge in [-0.1, -0.05) is 12.1 Å². The van der Waals surface area contributed by atoms with Crippen LogP contribution in [-0.2, 0) is 21.2 Å². The number of halogens is 1. The molecule has 0 bridgehead atoms. The highest BCUT2D eigenvalue weighted by atomic mass is 35.5. The molecule has 1 amide bonds. The maximum Gasteiger partial charge on any atom is 0.240 e. The molecule has 0 spiro atoms. The summed E-state index contributed by atoms with van der Waals surface area (Å²) in [5, 5.41) is 2.72. The Balaban J connectivity index is 1.97. The Bertz CT molecular complexity index is 572. The first-order valence-electron chi connectivity index (χ1n) is 6.45. The average Bonchev–Trinajstić information content (AvgIpc) is 2.84. The molecule has 2 rings (SSSR count). The van der Waals surface area contributed by atoms with Crippen molar-refractivity contribution in [1.82, 2.24) is 10.0 Å². The van der Waals surface area contributed by atoms with Crippen LogP contribution in [-0.4, -0.2) is 32.8 Å². The predicted molar refractivity (Wildman–Crippen MR) is 77.2 cm³/mol. The number of rotatable bonds is 6. The monoisotopic (exact) mass is 316 g/mol. The summed E-state index contributed by atoms with van der Waals surface area (Å²) in [6.45, 7) is 0.220. The lowest BCUT2D eigenvalue weighted by Crippen LogP contribution is -2.38. The lowest BCUT2D eigenvalue weighted by Gasteiger charge is -2.12. The quantitative estimate of drug-likeness (QED) is 0.770. The third-order valence-electron chi connectivity index (χ3n) is 3.22. The number of amides is 1. The molecule has 7 heteroatoms. The zero-order chi connectivity index (χ0) is 14.6. The topological polar surface area (TPSA) is 75.3 Å². The number of nitrogens with one attached hydrogen (secondary N) is 2. The Morgan fingerprint density at radius 2 is 2.00 bits per heavy atom. The van der Waals surface area contributed by atoms with Crippen molar-refractivity contribution < 1.29 is 13.2 Å². The van der Waals surface area contributed by atoms with Gasteiger partial charge in [0.15, 0.2) is 0 Å². The van der Waals surface area contributed by atoms with Gasteiger partial charge in [0.05, 0.1) is 4.90 Å². The van der Waals surface area contributed by atoms with E-state index in [1.165, 1.54) is 0 Å². The molecular formula is C13H17ClN2O3S. The molecule has 1 saturated heterocycles. The summed E-state index contributed by atoms with van der Waals surface area (Å²) >= 11 is 5.63. The summed E-state index contributed by atoms with van der Waals surface area (Å²) in [5.74, 6) is 0.478. The summed E-state index contributed by atoms with van der Waals surface area (Å²) in [6, 6.07) is 6.53. The largest absolute Gasteiger partial charge is 0.352 e. The number of aryl methyl sites for hydroxylation is 1. The molecule has 0 saturated carbocycles. The van der Waals surface area contributed by atoms with Crippen LogP contribution in [0.1, 0.15) is 18.4 Å². The van der Waals surface area contributed by atoms with Crippen LogP contribution in [0.25, 0.3) is 0 Å². The zero-order valence-corrected chi connectivity index (χ0v) is 12.5. The molecule has 2 N–H and O–H groups in total. The number of benzene rings is 1. The molecule has 1 aliphatic rings. The summed E-state index contributed by atoms with van der Waals surface area (Å²) in [4.78, 5) is 11.3. The van der Waals surface area contributed by atoms with Crippen LogP contribution in [0.5, 0.6) is 0 Å². The highest BCUT2D eigenvalue weighted by Crippen LogP contribution is 2.12. The smallest absolute Gasteiger partial charge is 0.240 e. The standard InChI is InChI=1S/C13H17ClN2O3S/c14-8-7-10-1-4-12(5-2-10)20(18,19)15-9-11-3-6-13(17)16-11/h1-2,4-5,11,15H,3,6-9H2,(H,16,17). The fourth-order valence-corrected chi connectivity index (χ4v) is 3.37. The molecule has 1 atom stereocenters. The van der Waals surface area contributed by atoms with Crippen LogP contribution in [0.4, 0.5) is 0 Å². The van der Waals surface area contributed by atoms with Crippen LogP contribution < -0.4 is 10.0 Å². The van der Waals surface area contributed by atoms with Gasteiger partial charge in [-0.3, -0.25) is 4.79 Å². The van der Waals surface area contributed by atoms with E-state index < -0.39 is 10.0 Å². The van der Waals surface area contributed by atoms with E-state index in [9.17, 15) is 13.2 Å². The first kappa shape index (κ1) is 15.3. The van der Waals surface area contributed by atoms with Gasteiger partial charge in [0, 0.05) is 24.9 Å². The molecule has 110 valence electrons. The van der Waals surface area contributed by atoms with E-state index in [0.29, 0.717) is 25.1 Å². The van der Waals surface area contributed by atoms with Gasteiger partial charge in [-0.05, 0) is 30.5 Å². The predicted octanol–water partition coefficient (Wildman–Crippen LogP) is 1.02. The molecule has 1 unspecified atom stereocenters. The fraction of sp³-hybridized carbons (Fsp3) is 0.462. The highest BCUT2D eigenvalue weighted by Gasteiger charge is 2.23. The number of alkyl halides is 1. The number of hydrogen-bond acceptors (Lipinski definition) is 3. The van der Waals surface area contributed by atoms with Gasteiger partial charge in [0.2, 0.25) is 15.9 Å². The molecule has 0 aromatic heterocycles. The molecule has 0 aliphatic carbocycles. The molecule has 1 aliphatic heterocycles. The van der Waals surface area contributed by atoms with Gasteiger partial charge in [-0.25, -0.2) is 13.1 Å². The molecule has 20 heavy (non-hydrogen) atoms. The highest BCUT2D eigenvalue weighted by molar-refractivity contribution is 7.89.